The summed E-state index contributed by atoms with van der Waals surface area (Å²) in [6, 6.07) is 13.2. The highest BCUT2D eigenvalue weighted by atomic mass is 35.5. The van der Waals surface area contributed by atoms with E-state index >= 15 is 0 Å². The first kappa shape index (κ1) is 16.3. The molecule has 0 aliphatic heterocycles. The standard InChI is InChI=1S/C18H12ClFN4O2/c19-18-22-16-13(17(23-18)26-10-11-4-2-1-3-5-11)9-21-24(16)14-7-6-12(20)8-15(14)25/h1-9,25H,10H2. The number of aromatic nitrogens is 4. The maximum absolute atomic E-state index is 13.2. The lowest BCUT2D eigenvalue weighted by Crippen LogP contribution is -2.01. The normalized spacial score (nSPS) is 11.0. The molecular weight excluding hydrogens is 359 g/mol. The average molecular weight is 371 g/mol. The molecule has 2 aromatic heterocycles. The highest BCUT2D eigenvalue weighted by Gasteiger charge is 2.16. The van der Waals surface area contributed by atoms with Gasteiger partial charge in [0.15, 0.2) is 5.65 Å². The Labute approximate surface area is 152 Å². The van der Waals surface area contributed by atoms with Crippen molar-refractivity contribution in [2.75, 3.05) is 0 Å². The number of fused-ring (bicyclic) bond motifs is 1. The molecule has 0 fully saturated rings. The largest absolute Gasteiger partial charge is 0.506 e. The molecule has 0 saturated carbocycles. The van der Waals surface area contributed by atoms with E-state index in [9.17, 15) is 9.50 Å². The van der Waals surface area contributed by atoms with Gasteiger partial charge in [0.2, 0.25) is 11.2 Å². The van der Waals surface area contributed by atoms with Crippen LogP contribution in [0.2, 0.25) is 5.28 Å². The van der Waals surface area contributed by atoms with Crippen molar-refractivity contribution >= 4 is 22.6 Å². The number of hydrogen-bond donors (Lipinski definition) is 1. The second-order valence-corrected chi connectivity index (χ2v) is 5.84. The highest BCUT2D eigenvalue weighted by Crippen LogP contribution is 2.29. The van der Waals surface area contributed by atoms with Crippen LogP contribution >= 0.6 is 11.6 Å². The molecule has 0 unspecified atom stereocenters. The minimum absolute atomic E-state index is 0.0242. The molecule has 0 amide bonds. The van der Waals surface area contributed by atoms with E-state index in [0.29, 0.717) is 17.6 Å². The van der Waals surface area contributed by atoms with E-state index in [1.165, 1.54) is 23.0 Å². The van der Waals surface area contributed by atoms with E-state index in [-0.39, 0.29) is 22.6 Å². The van der Waals surface area contributed by atoms with Gasteiger partial charge in [0.1, 0.15) is 29.2 Å². The lowest BCUT2D eigenvalue weighted by molar-refractivity contribution is 0.297. The molecule has 0 spiro atoms. The van der Waals surface area contributed by atoms with Crippen molar-refractivity contribution < 1.29 is 14.2 Å². The molecule has 0 radical (unpaired) electrons. The molecule has 0 aliphatic carbocycles. The van der Waals surface area contributed by atoms with Gasteiger partial charge in [-0.2, -0.15) is 15.1 Å². The molecule has 2 aromatic carbocycles. The van der Waals surface area contributed by atoms with Crippen LogP contribution in [0.3, 0.4) is 0 Å². The number of nitrogens with zero attached hydrogens (tertiary/aromatic N) is 4. The topological polar surface area (TPSA) is 73.1 Å². The van der Waals surface area contributed by atoms with Crippen LogP contribution in [-0.2, 0) is 6.61 Å². The van der Waals surface area contributed by atoms with E-state index < -0.39 is 5.82 Å². The van der Waals surface area contributed by atoms with Crippen molar-refractivity contribution in [1.29, 1.82) is 0 Å². The molecule has 130 valence electrons. The van der Waals surface area contributed by atoms with Gasteiger partial charge >= 0.3 is 0 Å². The van der Waals surface area contributed by atoms with Crippen molar-refractivity contribution in [3.63, 3.8) is 0 Å². The number of phenols is 1. The van der Waals surface area contributed by atoms with Gasteiger partial charge in [-0.25, -0.2) is 9.07 Å². The number of benzene rings is 2. The Hall–Kier alpha value is -3.19. The zero-order chi connectivity index (χ0) is 18.1. The number of halogens is 2. The van der Waals surface area contributed by atoms with Crippen LogP contribution < -0.4 is 4.74 Å². The molecule has 0 bridgehead atoms. The molecule has 0 aliphatic rings. The zero-order valence-electron chi connectivity index (χ0n) is 13.3. The SMILES string of the molecule is Oc1cc(F)ccc1-n1ncc2c(OCc3ccccc3)nc(Cl)nc21. The van der Waals surface area contributed by atoms with Gasteiger partial charge in [-0.05, 0) is 29.3 Å². The van der Waals surface area contributed by atoms with Crippen LogP contribution in [-0.4, -0.2) is 24.9 Å². The molecule has 6 nitrogen and oxygen atoms in total. The Bertz CT molecular complexity index is 1090. The van der Waals surface area contributed by atoms with E-state index in [4.69, 9.17) is 16.3 Å². The lowest BCUT2D eigenvalue weighted by Gasteiger charge is -2.08. The van der Waals surface area contributed by atoms with Gasteiger partial charge in [-0.1, -0.05) is 30.3 Å². The fraction of sp³-hybridized carbons (Fsp3) is 0.0556. The van der Waals surface area contributed by atoms with Crippen molar-refractivity contribution in [1.82, 2.24) is 19.7 Å². The minimum Gasteiger partial charge on any atom is -0.506 e. The summed E-state index contributed by atoms with van der Waals surface area (Å²) in [6.07, 6.45) is 1.51. The molecule has 2 heterocycles. The number of hydrogen-bond acceptors (Lipinski definition) is 5. The van der Waals surface area contributed by atoms with Gasteiger partial charge in [-0.3, -0.25) is 0 Å². The third-order valence-electron chi connectivity index (χ3n) is 3.75. The molecule has 4 aromatic rings. The van der Waals surface area contributed by atoms with Gasteiger partial charge in [-0.15, -0.1) is 0 Å². The number of rotatable bonds is 4. The summed E-state index contributed by atoms with van der Waals surface area (Å²) in [5.41, 5.74) is 1.58. The predicted octanol–water partition coefficient (Wildman–Crippen LogP) is 3.89. The van der Waals surface area contributed by atoms with Crippen molar-refractivity contribution in [3.8, 4) is 17.3 Å². The smallest absolute Gasteiger partial charge is 0.229 e. The first-order chi connectivity index (χ1) is 12.6. The van der Waals surface area contributed by atoms with Crippen molar-refractivity contribution in [2.45, 2.75) is 6.61 Å². The van der Waals surface area contributed by atoms with Crippen LogP contribution in [0.15, 0.2) is 54.7 Å². The van der Waals surface area contributed by atoms with Crippen LogP contribution in [0.4, 0.5) is 4.39 Å². The quantitative estimate of drug-likeness (QED) is 0.552. The van der Waals surface area contributed by atoms with E-state index in [1.54, 1.807) is 0 Å². The van der Waals surface area contributed by atoms with Crippen LogP contribution in [0, 0.1) is 5.82 Å². The maximum Gasteiger partial charge on any atom is 0.229 e. The first-order valence-corrected chi connectivity index (χ1v) is 8.06. The average Bonchev–Trinajstić information content (AvgIpc) is 3.04. The fourth-order valence-corrected chi connectivity index (χ4v) is 2.70. The van der Waals surface area contributed by atoms with E-state index in [2.05, 4.69) is 15.1 Å². The minimum atomic E-state index is -0.553. The zero-order valence-corrected chi connectivity index (χ0v) is 14.1. The summed E-state index contributed by atoms with van der Waals surface area (Å²) < 4.78 is 20.4. The summed E-state index contributed by atoms with van der Waals surface area (Å²) in [4.78, 5) is 8.28. The maximum atomic E-state index is 13.2. The summed E-state index contributed by atoms with van der Waals surface area (Å²) in [5, 5.41) is 14.7. The Kier molecular flexibility index (Phi) is 4.14. The molecule has 1 N–H and O–H groups in total. The summed E-state index contributed by atoms with van der Waals surface area (Å²) in [6.45, 7) is 0.302. The molecule has 8 heteroatoms. The summed E-state index contributed by atoms with van der Waals surface area (Å²) in [5.74, 6) is -0.546. The van der Waals surface area contributed by atoms with Gasteiger partial charge < -0.3 is 9.84 Å². The lowest BCUT2D eigenvalue weighted by atomic mass is 10.2. The predicted molar refractivity (Wildman–Crippen MR) is 94.1 cm³/mol. The third kappa shape index (κ3) is 3.04. The second-order valence-electron chi connectivity index (χ2n) is 5.50. The number of ether oxygens (including phenoxy) is 1. The third-order valence-corrected chi connectivity index (χ3v) is 3.92. The molecule has 0 atom stereocenters. The molecular formula is C18H12ClFN4O2. The van der Waals surface area contributed by atoms with Crippen molar-refractivity contribution in [3.05, 3.63) is 71.4 Å². The van der Waals surface area contributed by atoms with Crippen LogP contribution in [0.5, 0.6) is 11.6 Å². The Morgan fingerprint density at radius 3 is 2.69 bits per heavy atom. The second kappa shape index (κ2) is 6.61. The van der Waals surface area contributed by atoms with Gasteiger partial charge in [0, 0.05) is 6.07 Å². The number of aromatic hydroxyl groups is 1. The van der Waals surface area contributed by atoms with Crippen molar-refractivity contribution in [2.24, 2.45) is 0 Å². The Morgan fingerprint density at radius 2 is 1.92 bits per heavy atom. The molecule has 4 rings (SSSR count). The number of phenolic OH excluding ortho intramolecular Hbond substituents is 1. The van der Waals surface area contributed by atoms with Gasteiger partial charge in [0.05, 0.1) is 6.20 Å². The monoisotopic (exact) mass is 370 g/mol. The highest BCUT2D eigenvalue weighted by molar-refractivity contribution is 6.28. The van der Waals surface area contributed by atoms with Crippen LogP contribution in [0.25, 0.3) is 16.7 Å². The first-order valence-electron chi connectivity index (χ1n) is 7.69. The van der Waals surface area contributed by atoms with E-state index in [0.717, 1.165) is 11.6 Å². The van der Waals surface area contributed by atoms with Gasteiger partial charge in [0.25, 0.3) is 0 Å². The Balaban J connectivity index is 1.75. The fourth-order valence-electron chi connectivity index (χ4n) is 2.54. The van der Waals surface area contributed by atoms with E-state index in [1.807, 2.05) is 30.3 Å². The molecule has 26 heavy (non-hydrogen) atoms. The summed E-state index contributed by atoms with van der Waals surface area (Å²) in [7, 11) is 0. The summed E-state index contributed by atoms with van der Waals surface area (Å²) >= 11 is 6.02. The Morgan fingerprint density at radius 1 is 1.12 bits per heavy atom. The molecule has 0 saturated heterocycles. The van der Waals surface area contributed by atoms with Crippen LogP contribution in [0.1, 0.15) is 5.56 Å².